The molecule has 1 saturated carbocycles. The van der Waals surface area contributed by atoms with Gasteiger partial charge in [-0.05, 0) is 75.1 Å². The van der Waals surface area contributed by atoms with Crippen molar-refractivity contribution >= 4 is 29.4 Å². The number of carbonyl (C=O) groups is 3. The molecule has 0 aromatic heterocycles. The molecular formula is C25H29ClN2O6. The Morgan fingerprint density at radius 1 is 0.941 bits per heavy atom. The van der Waals surface area contributed by atoms with Gasteiger partial charge >= 0.3 is 5.97 Å². The van der Waals surface area contributed by atoms with Crippen LogP contribution in [0.5, 0.6) is 11.5 Å². The molecule has 1 aliphatic rings. The van der Waals surface area contributed by atoms with Crippen molar-refractivity contribution in [3.63, 3.8) is 0 Å². The van der Waals surface area contributed by atoms with Crippen molar-refractivity contribution < 1.29 is 29.0 Å². The fourth-order valence-corrected chi connectivity index (χ4v) is 4.05. The Hall–Kier alpha value is -3.26. The summed E-state index contributed by atoms with van der Waals surface area (Å²) < 4.78 is 11.3. The molecule has 0 spiro atoms. The summed E-state index contributed by atoms with van der Waals surface area (Å²) in [5, 5.41) is 14.8. The van der Waals surface area contributed by atoms with Crippen LogP contribution in [0.3, 0.4) is 0 Å². The minimum Gasteiger partial charge on any atom is -0.494 e. The van der Waals surface area contributed by atoms with Gasteiger partial charge in [0.05, 0.1) is 29.2 Å². The number of nitrogens with one attached hydrogen (secondary N) is 2. The molecule has 0 heterocycles. The zero-order valence-electron chi connectivity index (χ0n) is 19.0. The minimum atomic E-state index is -0.757. The first-order valence-corrected chi connectivity index (χ1v) is 11.7. The maximum absolute atomic E-state index is 12.5. The molecule has 2 amide bonds. The monoisotopic (exact) mass is 488 g/mol. The number of carboxylic acids is 1. The van der Waals surface area contributed by atoms with E-state index in [1.807, 2.05) is 6.92 Å². The number of carboxylic acid groups (broad SMARTS) is 1. The van der Waals surface area contributed by atoms with E-state index in [0.717, 1.165) is 0 Å². The van der Waals surface area contributed by atoms with Crippen molar-refractivity contribution in [2.45, 2.75) is 38.7 Å². The second-order valence-electron chi connectivity index (χ2n) is 8.04. The number of rotatable bonds is 10. The Morgan fingerprint density at radius 3 is 2.15 bits per heavy atom. The molecule has 8 nitrogen and oxygen atoms in total. The summed E-state index contributed by atoms with van der Waals surface area (Å²) in [7, 11) is 0. The smallest absolute Gasteiger partial charge is 0.306 e. The van der Waals surface area contributed by atoms with Crippen molar-refractivity contribution in [2.24, 2.45) is 5.92 Å². The summed E-state index contributed by atoms with van der Waals surface area (Å²) >= 11 is 6.29. The lowest BCUT2D eigenvalue weighted by molar-refractivity contribution is -0.143. The molecular weight excluding hydrogens is 460 g/mol. The van der Waals surface area contributed by atoms with E-state index in [9.17, 15) is 14.4 Å². The van der Waals surface area contributed by atoms with Crippen LogP contribution >= 0.6 is 11.6 Å². The van der Waals surface area contributed by atoms with Gasteiger partial charge in [0.15, 0.2) is 0 Å². The van der Waals surface area contributed by atoms with Crippen LogP contribution < -0.4 is 20.1 Å². The first kappa shape index (κ1) is 25.4. The SMILES string of the molecule is CCOc1ccc(C(=O)NCCNC(=O)c2ccc(OC3CCC(C(=O)O)CC3)cc2Cl)cc1. The van der Waals surface area contributed by atoms with Crippen molar-refractivity contribution in [1.29, 1.82) is 0 Å². The average molecular weight is 489 g/mol. The van der Waals surface area contributed by atoms with Crippen molar-refractivity contribution in [3.8, 4) is 11.5 Å². The van der Waals surface area contributed by atoms with Crippen LogP contribution in [0.2, 0.25) is 5.02 Å². The van der Waals surface area contributed by atoms with Crippen LogP contribution in [-0.2, 0) is 4.79 Å². The first-order chi connectivity index (χ1) is 16.4. The standard InChI is InChI=1S/C25H29ClN2O6/c1-2-33-18-7-3-16(4-8-18)23(29)27-13-14-28-24(30)21-12-11-20(15-22(21)26)34-19-9-5-17(6-10-19)25(31)32/h3-4,7-8,11-12,15,17,19H,2,5-6,9-10,13-14H2,1H3,(H,27,29)(H,28,30)(H,31,32). The predicted molar refractivity (Wildman–Crippen MR) is 128 cm³/mol. The van der Waals surface area contributed by atoms with Gasteiger partial charge in [-0.25, -0.2) is 0 Å². The van der Waals surface area contributed by atoms with Crippen LogP contribution in [0, 0.1) is 5.92 Å². The Kier molecular flexibility index (Phi) is 9.16. The highest BCUT2D eigenvalue weighted by Gasteiger charge is 2.27. The highest BCUT2D eigenvalue weighted by atomic mass is 35.5. The fourth-order valence-electron chi connectivity index (χ4n) is 3.79. The fraction of sp³-hybridized carbons (Fsp3) is 0.400. The summed E-state index contributed by atoms with van der Waals surface area (Å²) in [5.74, 6) is -0.413. The average Bonchev–Trinajstić information content (AvgIpc) is 2.82. The maximum Gasteiger partial charge on any atom is 0.306 e. The van der Waals surface area contributed by atoms with E-state index in [-0.39, 0.29) is 41.9 Å². The Balaban J connectivity index is 1.42. The second-order valence-corrected chi connectivity index (χ2v) is 8.45. The molecule has 1 aliphatic carbocycles. The number of amides is 2. The molecule has 3 rings (SSSR count). The van der Waals surface area contributed by atoms with Crippen LogP contribution in [0.15, 0.2) is 42.5 Å². The number of benzene rings is 2. The van der Waals surface area contributed by atoms with Crippen LogP contribution in [0.4, 0.5) is 0 Å². The number of aliphatic carboxylic acids is 1. The Bertz CT molecular complexity index is 1000. The molecule has 0 aliphatic heterocycles. The first-order valence-electron chi connectivity index (χ1n) is 11.4. The minimum absolute atomic E-state index is 0.0645. The van der Waals surface area contributed by atoms with Gasteiger partial charge in [-0.2, -0.15) is 0 Å². The Morgan fingerprint density at radius 2 is 1.56 bits per heavy atom. The molecule has 0 atom stereocenters. The van der Waals surface area contributed by atoms with E-state index in [1.165, 1.54) is 0 Å². The molecule has 0 bridgehead atoms. The van der Waals surface area contributed by atoms with E-state index < -0.39 is 5.97 Å². The molecule has 3 N–H and O–H groups in total. The quantitative estimate of drug-likeness (QED) is 0.437. The zero-order valence-corrected chi connectivity index (χ0v) is 19.8. The van der Waals surface area contributed by atoms with E-state index in [4.69, 9.17) is 26.2 Å². The Labute approximate surface area is 203 Å². The van der Waals surface area contributed by atoms with E-state index in [0.29, 0.717) is 54.9 Å². The zero-order chi connectivity index (χ0) is 24.5. The third-order valence-electron chi connectivity index (χ3n) is 5.63. The molecule has 0 unspecified atom stereocenters. The lowest BCUT2D eigenvalue weighted by Gasteiger charge is -2.26. The highest BCUT2D eigenvalue weighted by Crippen LogP contribution is 2.29. The van der Waals surface area contributed by atoms with Crippen molar-refractivity contribution in [2.75, 3.05) is 19.7 Å². The molecule has 34 heavy (non-hydrogen) atoms. The second kappa shape index (κ2) is 12.3. The third kappa shape index (κ3) is 7.12. The van der Waals surface area contributed by atoms with E-state index >= 15 is 0 Å². The van der Waals surface area contributed by atoms with E-state index in [1.54, 1.807) is 42.5 Å². The number of carbonyl (C=O) groups excluding carboxylic acids is 2. The number of hydrogen-bond acceptors (Lipinski definition) is 5. The molecule has 0 saturated heterocycles. The lowest BCUT2D eigenvalue weighted by Crippen LogP contribution is -2.34. The molecule has 9 heteroatoms. The predicted octanol–water partition coefficient (Wildman–Crippen LogP) is 3.92. The number of halogens is 1. The van der Waals surface area contributed by atoms with Gasteiger partial charge in [0, 0.05) is 18.7 Å². The van der Waals surface area contributed by atoms with Gasteiger partial charge in [-0.1, -0.05) is 11.6 Å². The van der Waals surface area contributed by atoms with Crippen molar-refractivity contribution in [3.05, 3.63) is 58.6 Å². The van der Waals surface area contributed by atoms with Gasteiger partial charge in [0.25, 0.3) is 11.8 Å². The third-order valence-corrected chi connectivity index (χ3v) is 5.95. The summed E-state index contributed by atoms with van der Waals surface area (Å²) in [6.45, 7) is 2.94. The summed E-state index contributed by atoms with van der Waals surface area (Å²) in [4.78, 5) is 35.7. The van der Waals surface area contributed by atoms with Crippen LogP contribution in [0.1, 0.15) is 53.3 Å². The summed E-state index contributed by atoms with van der Waals surface area (Å²) in [5.41, 5.74) is 0.811. The molecule has 0 radical (unpaired) electrons. The molecule has 1 fully saturated rings. The molecule has 2 aromatic carbocycles. The number of ether oxygens (including phenoxy) is 2. The van der Waals surface area contributed by atoms with Gasteiger partial charge in [0.2, 0.25) is 0 Å². The number of hydrogen-bond donors (Lipinski definition) is 3. The normalized spacial score (nSPS) is 17.5. The van der Waals surface area contributed by atoms with Gasteiger partial charge < -0.3 is 25.2 Å². The van der Waals surface area contributed by atoms with Gasteiger partial charge in [-0.3, -0.25) is 14.4 Å². The summed E-state index contributed by atoms with van der Waals surface area (Å²) in [6.07, 6.45) is 2.44. The largest absolute Gasteiger partial charge is 0.494 e. The van der Waals surface area contributed by atoms with Gasteiger partial charge in [-0.15, -0.1) is 0 Å². The van der Waals surface area contributed by atoms with Crippen LogP contribution in [-0.4, -0.2) is 48.7 Å². The van der Waals surface area contributed by atoms with Gasteiger partial charge in [0.1, 0.15) is 11.5 Å². The lowest BCUT2D eigenvalue weighted by atomic mass is 9.87. The van der Waals surface area contributed by atoms with Crippen LogP contribution in [0.25, 0.3) is 0 Å². The topological polar surface area (TPSA) is 114 Å². The van der Waals surface area contributed by atoms with E-state index in [2.05, 4.69) is 10.6 Å². The molecule has 182 valence electrons. The van der Waals surface area contributed by atoms with Crippen molar-refractivity contribution in [1.82, 2.24) is 10.6 Å². The maximum atomic E-state index is 12.5. The summed E-state index contributed by atoms with van der Waals surface area (Å²) in [6, 6.07) is 11.7. The molecule has 2 aromatic rings. The highest BCUT2D eigenvalue weighted by molar-refractivity contribution is 6.34.